The van der Waals surface area contributed by atoms with E-state index < -0.39 is 5.82 Å². The van der Waals surface area contributed by atoms with Crippen LogP contribution in [0.15, 0.2) is 79.3 Å². The number of ether oxygens (including phenoxy) is 1. The maximum atomic E-state index is 14.4. The van der Waals surface area contributed by atoms with Crippen molar-refractivity contribution in [3.05, 3.63) is 96.2 Å². The van der Waals surface area contributed by atoms with E-state index in [-0.39, 0.29) is 11.6 Å². The molecular weight excluding hydrogens is 371 g/mol. The van der Waals surface area contributed by atoms with Gasteiger partial charge < -0.3 is 14.6 Å². The number of nitrogens with zero attached hydrogens (tertiary/aromatic N) is 3. The second kappa shape index (κ2) is 8.12. The molecule has 1 amide bonds. The van der Waals surface area contributed by atoms with Crippen LogP contribution in [0.3, 0.4) is 0 Å². The van der Waals surface area contributed by atoms with Crippen molar-refractivity contribution in [2.75, 3.05) is 12.4 Å². The summed E-state index contributed by atoms with van der Waals surface area (Å²) in [5.74, 6) is -0.330. The molecule has 0 bridgehead atoms. The number of para-hydroxylation sites is 2. The molecule has 2 aromatic carbocycles. The summed E-state index contributed by atoms with van der Waals surface area (Å²) in [4.78, 5) is 13.1. The van der Waals surface area contributed by atoms with E-state index in [1.54, 1.807) is 42.3 Å². The molecule has 0 unspecified atom stereocenters. The molecule has 4 aromatic rings. The van der Waals surface area contributed by atoms with Crippen LogP contribution in [-0.4, -0.2) is 27.4 Å². The number of halogens is 1. The Balaban J connectivity index is 1.77. The normalized spacial score (nSPS) is 10.8. The third kappa shape index (κ3) is 3.68. The van der Waals surface area contributed by atoms with Crippen molar-refractivity contribution in [1.29, 1.82) is 0 Å². The maximum absolute atomic E-state index is 14.4. The number of nitrogens with one attached hydrogen (secondary N) is 1. The van der Waals surface area contributed by atoms with Crippen molar-refractivity contribution in [3.63, 3.8) is 0 Å². The molecule has 146 valence electrons. The van der Waals surface area contributed by atoms with Crippen molar-refractivity contribution in [2.24, 2.45) is 0 Å². The number of hydrogen-bond acceptors (Lipinski definition) is 3. The molecule has 0 spiro atoms. The summed E-state index contributed by atoms with van der Waals surface area (Å²) >= 11 is 0. The predicted molar refractivity (Wildman–Crippen MR) is 108 cm³/mol. The molecule has 0 aliphatic rings. The first-order chi connectivity index (χ1) is 14.2. The van der Waals surface area contributed by atoms with Crippen LogP contribution in [0.1, 0.15) is 15.9 Å². The molecule has 0 radical (unpaired) electrons. The number of benzene rings is 2. The highest BCUT2D eigenvalue weighted by molar-refractivity contribution is 6.06. The predicted octanol–water partition coefficient (Wildman–Crippen LogP) is 4.20. The van der Waals surface area contributed by atoms with E-state index in [9.17, 15) is 9.18 Å². The lowest BCUT2D eigenvalue weighted by Crippen LogP contribution is -2.16. The zero-order valence-electron chi connectivity index (χ0n) is 15.7. The van der Waals surface area contributed by atoms with Gasteiger partial charge >= 0.3 is 0 Å². The third-order valence-corrected chi connectivity index (χ3v) is 4.48. The molecule has 0 saturated carbocycles. The molecule has 0 fully saturated rings. The number of methoxy groups -OCH3 is 1. The highest BCUT2D eigenvalue weighted by Gasteiger charge is 2.22. The number of aromatic nitrogens is 3. The van der Waals surface area contributed by atoms with Gasteiger partial charge in [0.05, 0.1) is 12.8 Å². The first kappa shape index (κ1) is 18.6. The molecule has 0 saturated heterocycles. The summed E-state index contributed by atoms with van der Waals surface area (Å²) in [6.45, 7) is 0.370. The summed E-state index contributed by atoms with van der Waals surface area (Å²) in [6.07, 6.45) is 5.00. The smallest absolute Gasteiger partial charge is 0.261 e. The Bertz CT molecular complexity index is 1140. The summed E-state index contributed by atoms with van der Waals surface area (Å²) < 4.78 is 22.8. The van der Waals surface area contributed by atoms with Gasteiger partial charge in [0.25, 0.3) is 5.91 Å². The molecule has 0 aliphatic heterocycles. The minimum absolute atomic E-state index is 0.259. The lowest BCUT2D eigenvalue weighted by atomic mass is 10.1. The van der Waals surface area contributed by atoms with Crippen LogP contribution in [0.4, 0.5) is 10.1 Å². The molecule has 2 aromatic heterocycles. The molecule has 0 atom stereocenters. The van der Waals surface area contributed by atoms with Crippen LogP contribution in [0, 0.1) is 5.82 Å². The van der Waals surface area contributed by atoms with Gasteiger partial charge in [0, 0.05) is 30.8 Å². The lowest BCUT2D eigenvalue weighted by molar-refractivity contribution is 0.102. The third-order valence-electron chi connectivity index (χ3n) is 4.48. The van der Waals surface area contributed by atoms with E-state index in [4.69, 9.17) is 4.74 Å². The lowest BCUT2D eigenvalue weighted by Gasteiger charge is -2.13. The second-order valence-electron chi connectivity index (χ2n) is 6.38. The maximum Gasteiger partial charge on any atom is 0.261 e. The average molecular weight is 390 g/mol. The molecule has 1 N–H and O–H groups in total. The van der Waals surface area contributed by atoms with E-state index in [0.29, 0.717) is 23.7 Å². The molecular formula is C22H19FN4O2. The van der Waals surface area contributed by atoms with Crippen LogP contribution in [-0.2, 0) is 11.3 Å². The number of carbonyl (C=O) groups is 1. The van der Waals surface area contributed by atoms with Crippen LogP contribution in [0.25, 0.3) is 11.5 Å². The Morgan fingerprint density at radius 3 is 2.55 bits per heavy atom. The SMILES string of the molecule is COCc1ccccc1NC(=O)c1cnn(-c2ccccc2F)c1-n1cccc1. The minimum Gasteiger partial charge on any atom is -0.380 e. The highest BCUT2D eigenvalue weighted by Crippen LogP contribution is 2.24. The van der Waals surface area contributed by atoms with E-state index >= 15 is 0 Å². The van der Waals surface area contributed by atoms with Crippen molar-refractivity contribution in [1.82, 2.24) is 14.3 Å². The van der Waals surface area contributed by atoms with Gasteiger partial charge in [-0.2, -0.15) is 5.10 Å². The fourth-order valence-electron chi connectivity index (χ4n) is 3.14. The van der Waals surface area contributed by atoms with Crippen molar-refractivity contribution >= 4 is 11.6 Å². The molecule has 4 rings (SSSR count). The van der Waals surface area contributed by atoms with Crippen LogP contribution in [0.5, 0.6) is 0 Å². The Kier molecular flexibility index (Phi) is 5.22. The number of carbonyl (C=O) groups excluding carboxylic acids is 1. The summed E-state index contributed by atoms with van der Waals surface area (Å²) in [5.41, 5.74) is 2.08. The molecule has 29 heavy (non-hydrogen) atoms. The van der Waals surface area contributed by atoms with Gasteiger partial charge in [-0.05, 0) is 30.3 Å². The topological polar surface area (TPSA) is 61.1 Å². The fraction of sp³-hybridized carbons (Fsp3) is 0.0909. The number of anilines is 1. The number of hydrogen-bond donors (Lipinski definition) is 1. The van der Waals surface area contributed by atoms with Crippen LogP contribution < -0.4 is 5.32 Å². The first-order valence-electron chi connectivity index (χ1n) is 9.03. The average Bonchev–Trinajstić information content (AvgIpc) is 3.39. The van der Waals surface area contributed by atoms with Gasteiger partial charge in [0.1, 0.15) is 17.1 Å². The van der Waals surface area contributed by atoms with Crippen LogP contribution in [0.2, 0.25) is 0 Å². The summed E-state index contributed by atoms with van der Waals surface area (Å²) in [6, 6.07) is 17.4. The largest absolute Gasteiger partial charge is 0.380 e. The van der Waals surface area contributed by atoms with Crippen LogP contribution >= 0.6 is 0 Å². The molecule has 2 heterocycles. The van der Waals surface area contributed by atoms with Gasteiger partial charge in [0.15, 0.2) is 5.82 Å². The first-order valence-corrected chi connectivity index (χ1v) is 9.03. The van der Waals surface area contributed by atoms with Gasteiger partial charge in [-0.3, -0.25) is 4.79 Å². The Labute approximate surface area is 167 Å². The van der Waals surface area contributed by atoms with E-state index in [0.717, 1.165) is 5.56 Å². The Morgan fingerprint density at radius 1 is 1.07 bits per heavy atom. The minimum atomic E-state index is -0.429. The Hall–Kier alpha value is -3.71. The second-order valence-corrected chi connectivity index (χ2v) is 6.38. The van der Waals surface area contributed by atoms with E-state index in [1.807, 2.05) is 36.4 Å². The standard InChI is InChI=1S/C22H19FN4O2/c1-29-15-16-8-2-4-10-19(16)25-21(28)17-14-24-27(20-11-5-3-9-18(20)23)22(17)26-12-6-7-13-26/h2-14H,15H2,1H3,(H,25,28). The Morgan fingerprint density at radius 2 is 1.79 bits per heavy atom. The van der Waals surface area contributed by atoms with Crippen molar-refractivity contribution in [3.8, 4) is 11.5 Å². The number of amides is 1. The zero-order valence-corrected chi connectivity index (χ0v) is 15.7. The van der Waals surface area contributed by atoms with Crippen molar-refractivity contribution in [2.45, 2.75) is 6.61 Å². The van der Waals surface area contributed by atoms with Gasteiger partial charge in [-0.1, -0.05) is 30.3 Å². The van der Waals surface area contributed by atoms with Gasteiger partial charge in [-0.25, -0.2) is 9.07 Å². The fourth-order valence-corrected chi connectivity index (χ4v) is 3.14. The molecule has 0 aliphatic carbocycles. The van der Waals surface area contributed by atoms with Crippen molar-refractivity contribution < 1.29 is 13.9 Å². The molecule has 6 nitrogen and oxygen atoms in total. The summed E-state index contributed by atoms with van der Waals surface area (Å²) in [5, 5.41) is 7.21. The zero-order chi connectivity index (χ0) is 20.2. The van der Waals surface area contributed by atoms with Gasteiger partial charge in [-0.15, -0.1) is 0 Å². The quantitative estimate of drug-likeness (QED) is 0.537. The molecule has 7 heteroatoms. The van der Waals surface area contributed by atoms with E-state index in [2.05, 4.69) is 10.4 Å². The number of rotatable bonds is 6. The highest BCUT2D eigenvalue weighted by atomic mass is 19.1. The van der Waals surface area contributed by atoms with Gasteiger partial charge in [0.2, 0.25) is 0 Å². The monoisotopic (exact) mass is 390 g/mol. The van der Waals surface area contributed by atoms with E-state index in [1.165, 1.54) is 16.9 Å². The summed E-state index contributed by atoms with van der Waals surface area (Å²) in [7, 11) is 1.60.